The van der Waals surface area contributed by atoms with Gasteiger partial charge in [0.2, 0.25) is 0 Å². The number of rotatable bonds is 4. The van der Waals surface area contributed by atoms with Crippen LogP contribution in [-0.4, -0.2) is 29.6 Å². The molecule has 1 heterocycles. The zero-order valence-corrected chi connectivity index (χ0v) is 15.1. The highest BCUT2D eigenvalue weighted by Gasteiger charge is 2.67. The minimum atomic E-state index is -0.232. The molecule has 0 radical (unpaired) electrons. The van der Waals surface area contributed by atoms with Crippen LogP contribution in [0, 0.1) is 35.5 Å². The first-order valence-electron chi connectivity index (χ1n) is 9.12. The fourth-order valence-corrected chi connectivity index (χ4v) is 5.26. The zero-order chi connectivity index (χ0) is 18.0. The van der Waals surface area contributed by atoms with E-state index in [1.165, 1.54) is 6.21 Å². The number of benzene rings is 1. The van der Waals surface area contributed by atoms with E-state index in [1.54, 1.807) is 18.2 Å². The molecule has 2 amide bonds. The van der Waals surface area contributed by atoms with E-state index < -0.39 is 0 Å². The molecular weight excluding hydrogens is 352 g/mol. The lowest BCUT2D eigenvalue weighted by atomic mass is 9.63. The molecular formula is C20H19ClN2O3. The largest absolute Gasteiger partial charge is 0.493 e. The third-order valence-corrected chi connectivity index (χ3v) is 6.46. The molecule has 6 atom stereocenters. The molecule has 5 aliphatic rings. The van der Waals surface area contributed by atoms with E-state index in [4.69, 9.17) is 16.3 Å². The maximum Gasteiger partial charge on any atom is 0.254 e. The number of nitrogens with zero attached hydrogens (tertiary/aromatic N) is 2. The molecule has 1 aliphatic heterocycles. The summed E-state index contributed by atoms with van der Waals surface area (Å²) in [4.78, 5) is 25.8. The smallest absolute Gasteiger partial charge is 0.254 e. The molecule has 26 heavy (non-hydrogen) atoms. The second-order valence-corrected chi connectivity index (χ2v) is 7.94. The second kappa shape index (κ2) is 5.68. The molecule has 6 unspecified atom stereocenters. The van der Waals surface area contributed by atoms with Crippen LogP contribution in [-0.2, 0) is 9.59 Å². The van der Waals surface area contributed by atoms with Gasteiger partial charge in [-0.25, -0.2) is 0 Å². The third kappa shape index (κ3) is 2.19. The first-order chi connectivity index (χ1) is 12.6. The Bertz CT molecular complexity index is 829. The van der Waals surface area contributed by atoms with Crippen LogP contribution in [0.25, 0.3) is 0 Å². The van der Waals surface area contributed by atoms with Gasteiger partial charge in [0.25, 0.3) is 11.8 Å². The second-order valence-electron chi connectivity index (χ2n) is 7.50. The number of carbonyl (C=O) groups is 2. The average molecular weight is 371 g/mol. The lowest BCUT2D eigenvalue weighted by Gasteiger charge is -2.37. The van der Waals surface area contributed by atoms with Crippen molar-refractivity contribution in [3.05, 3.63) is 40.9 Å². The molecule has 2 saturated carbocycles. The summed E-state index contributed by atoms with van der Waals surface area (Å²) in [6.07, 6.45) is 6.96. The maximum absolute atomic E-state index is 12.9. The molecule has 134 valence electrons. The van der Waals surface area contributed by atoms with Gasteiger partial charge in [-0.15, -0.1) is 0 Å². The van der Waals surface area contributed by atoms with Crippen LogP contribution < -0.4 is 4.74 Å². The SMILES string of the molecule is CCOc1ccc(Cl)cc1C=NN1C(=O)C2C3C=CC(C4CC34)C2C1=O. The van der Waals surface area contributed by atoms with Gasteiger partial charge < -0.3 is 4.74 Å². The summed E-state index contributed by atoms with van der Waals surface area (Å²) in [5, 5.41) is 5.86. The Hall–Kier alpha value is -2.14. The van der Waals surface area contributed by atoms with E-state index in [1.807, 2.05) is 6.92 Å². The Labute approximate surface area is 156 Å². The molecule has 5 nitrogen and oxygen atoms in total. The van der Waals surface area contributed by atoms with Gasteiger partial charge in [-0.2, -0.15) is 10.1 Å². The number of hydrazone groups is 1. The number of hydrogen-bond donors (Lipinski definition) is 0. The lowest BCUT2D eigenvalue weighted by molar-refractivity contribution is -0.140. The number of carbonyl (C=O) groups excluding carboxylic acids is 2. The molecule has 2 bridgehead atoms. The Morgan fingerprint density at radius 1 is 1.19 bits per heavy atom. The summed E-state index contributed by atoms with van der Waals surface area (Å²) in [5.74, 6) is 1.41. The van der Waals surface area contributed by atoms with Crippen molar-refractivity contribution in [2.24, 2.45) is 40.6 Å². The number of allylic oxidation sites excluding steroid dienone is 2. The van der Waals surface area contributed by atoms with Crippen molar-refractivity contribution in [2.45, 2.75) is 13.3 Å². The van der Waals surface area contributed by atoms with Gasteiger partial charge in [0.1, 0.15) is 5.75 Å². The minimum absolute atomic E-state index is 0.166. The van der Waals surface area contributed by atoms with Crippen molar-refractivity contribution in [3.8, 4) is 5.75 Å². The highest BCUT2D eigenvalue weighted by atomic mass is 35.5. The predicted molar refractivity (Wildman–Crippen MR) is 96.8 cm³/mol. The number of halogens is 1. The predicted octanol–water partition coefficient (Wildman–Crippen LogP) is 3.13. The fraction of sp³-hybridized carbons (Fsp3) is 0.450. The Kier molecular flexibility index (Phi) is 3.51. The molecule has 1 aromatic carbocycles. The number of imide groups is 1. The van der Waals surface area contributed by atoms with E-state index in [0.29, 0.717) is 34.8 Å². The molecule has 3 fully saturated rings. The van der Waals surface area contributed by atoms with Crippen LogP contribution in [0.2, 0.25) is 5.02 Å². The quantitative estimate of drug-likeness (QED) is 0.465. The normalized spacial score (nSPS) is 36.6. The van der Waals surface area contributed by atoms with Crippen molar-refractivity contribution in [2.75, 3.05) is 6.61 Å². The van der Waals surface area contributed by atoms with Crippen molar-refractivity contribution >= 4 is 29.6 Å². The molecule has 1 aromatic rings. The van der Waals surface area contributed by atoms with Gasteiger partial charge in [0.15, 0.2) is 0 Å². The Balaban J connectivity index is 1.44. The first kappa shape index (κ1) is 16.1. The van der Waals surface area contributed by atoms with Gasteiger partial charge in [-0.3, -0.25) is 9.59 Å². The van der Waals surface area contributed by atoms with Crippen molar-refractivity contribution in [1.82, 2.24) is 5.01 Å². The van der Waals surface area contributed by atoms with Gasteiger partial charge in [-0.1, -0.05) is 23.8 Å². The third-order valence-electron chi connectivity index (χ3n) is 6.22. The molecule has 6 rings (SSSR count). The standard InChI is InChI=1S/C20H19ClN2O3/c1-2-26-16-6-3-11(21)7-10(16)9-22-23-19(24)17-12-4-5-13(15-8-14(12)15)18(17)20(23)25/h3-7,9,12-15,17-18H,2,8H2,1H3. The molecule has 0 N–H and O–H groups in total. The Morgan fingerprint density at radius 2 is 1.85 bits per heavy atom. The van der Waals surface area contributed by atoms with Crippen molar-refractivity contribution in [3.63, 3.8) is 0 Å². The highest BCUT2D eigenvalue weighted by molar-refractivity contribution is 6.31. The zero-order valence-electron chi connectivity index (χ0n) is 14.3. The Morgan fingerprint density at radius 3 is 2.46 bits per heavy atom. The summed E-state index contributed by atoms with van der Waals surface area (Å²) >= 11 is 6.06. The van der Waals surface area contributed by atoms with Crippen LogP contribution in [0.5, 0.6) is 5.75 Å². The summed E-state index contributed by atoms with van der Waals surface area (Å²) < 4.78 is 5.57. The highest BCUT2D eigenvalue weighted by Crippen LogP contribution is 2.65. The fourth-order valence-electron chi connectivity index (χ4n) is 5.08. The van der Waals surface area contributed by atoms with E-state index in [2.05, 4.69) is 17.3 Å². The van der Waals surface area contributed by atoms with Crippen LogP contribution in [0.15, 0.2) is 35.5 Å². The van der Waals surface area contributed by atoms with E-state index in [0.717, 1.165) is 11.4 Å². The van der Waals surface area contributed by atoms with Crippen LogP contribution >= 0.6 is 11.6 Å². The molecule has 0 aromatic heterocycles. The minimum Gasteiger partial charge on any atom is -0.493 e. The van der Waals surface area contributed by atoms with Gasteiger partial charge >= 0.3 is 0 Å². The summed E-state index contributed by atoms with van der Waals surface area (Å²) in [6.45, 7) is 2.40. The van der Waals surface area contributed by atoms with Gasteiger partial charge in [0, 0.05) is 10.6 Å². The van der Waals surface area contributed by atoms with Crippen molar-refractivity contribution in [1.29, 1.82) is 0 Å². The number of ether oxygens (including phenoxy) is 1. The molecule has 4 aliphatic carbocycles. The van der Waals surface area contributed by atoms with Crippen LogP contribution in [0.3, 0.4) is 0 Å². The van der Waals surface area contributed by atoms with E-state index >= 15 is 0 Å². The number of hydrogen-bond acceptors (Lipinski definition) is 4. The van der Waals surface area contributed by atoms with Gasteiger partial charge in [-0.05, 0) is 55.2 Å². The van der Waals surface area contributed by atoms with E-state index in [-0.39, 0.29) is 35.5 Å². The van der Waals surface area contributed by atoms with Crippen molar-refractivity contribution < 1.29 is 14.3 Å². The molecule has 6 heteroatoms. The lowest BCUT2D eigenvalue weighted by Crippen LogP contribution is -2.40. The van der Waals surface area contributed by atoms with Crippen LogP contribution in [0.4, 0.5) is 0 Å². The average Bonchev–Trinajstić information content (AvgIpc) is 3.41. The summed E-state index contributed by atoms with van der Waals surface area (Å²) in [5.41, 5.74) is 0.652. The summed E-state index contributed by atoms with van der Waals surface area (Å²) in [7, 11) is 0. The van der Waals surface area contributed by atoms with Crippen LogP contribution in [0.1, 0.15) is 18.9 Å². The summed E-state index contributed by atoms with van der Waals surface area (Å²) in [6, 6.07) is 5.22. The van der Waals surface area contributed by atoms with E-state index in [9.17, 15) is 9.59 Å². The molecule has 1 saturated heterocycles. The first-order valence-corrected chi connectivity index (χ1v) is 9.50. The molecule has 0 spiro atoms. The van der Waals surface area contributed by atoms with Gasteiger partial charge in [0.05, 0.1) is 24.7 Å². The maximum atomic E-state index is 12.9. The number of amides is 2. The topological polar surface area (TPSA) is 59.0 Å². The monoisotopic (exact) mass is 370 g/mol.